The standard InChI is InChI=1S/C16H11F2N3O3/c17-11-3-8(4-12(18)16(11)24)1-2-19-13-5-14(22)9-6-20-21-7-10(9)15(13)23/h3-7,19,24H,1-2H2. The average molecular weight is 331 g/mol. The maximum absolute atomic E-state index is 13.3. The summed E-state index contributed by atoms with van der Waals surface area (Å²) >= 11 is 0. The van der Waals surface area contributed by atoms with Gasteiger partial charge in [0.1, 0.15) is 0 Å². The first-order valence-corrected chi connectivity index (χ1v) is 6.99. The van der Waals surface area contributed by atoms with E-state index in [1.54, 1.807) is 0 Å². The number of carbonyl (C=O) groups excluding carboxylic acids is 2. The fraction of sp³-hybridized carbons (Fsp3) is 0.125. The van der Waals surface area contributed by atoms with Crippen LogP contribution in [0.25, 0.3) is 0 Å². The molecule has 0 saturated heterocycles. The molecule has 0 radical (unpaired) electrons. The van der Waals surface area contributed by atoms with Crippen LogP contribution in [0.3, 0.4) is 0 Å². The second kappa shape index (κ2) is 6.15. The summed E-state index contributed by atoms with van der Waals surface area (Å²) < 4.78 is 26.5. The highest BCUT2D eigenvalue weighted by Gasteiger charge is 2.25. The van der Waals surface area contributed by atoms with Crippen LogP contribution in [-0.4, -0.2) is 33.4 Å². The van der Waals surface area contributed by atoms with E-state index in [9.17, 15) is 18.4 Å². The summed E-state index contributed by atoms with van der Waals surface area (Å²) in [5.41, 5.74) is 0.724. The Labute approximate surface area is 134 Å². The van der Waals surface area contributed by atoms with Crippen LogP contribution >= 0.6 is 0 Å². The topological polar surface area (TPSA) is 92.2 Å². The fourth-order valence-electron chi connectivity index (χ4n) is 2.35. The Bertz CT molecular complexity index is 858. The van der Waals surface area contributed by atoms with E-state index in [0.717, 1.165) is 18.2 Å². The van der Waals surface area contributed by atoms with Crippen molar-refractivity contribution in [3.8, 4) is 5.75 Å². The lowest BCUT2D eigenvalue weighted by Gasteiger charge is -2.15. The fourth-order valence-corrected chi connectivity index (χ4v) is 2.35. The highest BCUT2D eigenvalue weighted by Crippen LogP contribution is 2.22. The Morgan fingerprint density at radius 2 is 1.67 bits per heavy atom. The number of aromatic nitrogens is 2. The molecule has 0 unspecified atom stereocenters. The third kappa shape index (κ3) is 2.85. The Kier molecular flexibility index (Phi) is 4.03. The van der Waals surface area contributed by atoms with Gasteiger partial charge in [-0.15, -0.1) is 0 Å². The summed E-state index contributed by atoms with van der Waals surface area (Å²) in [5.74, 6) is -3.91. The zero-order chi connectivity index (χ0) is 17.3. The summed E-state index contributed by atoms with van der Waals surface area (Å²) in [6.45, 7) is 0.169. The van der Waals surface area contributed by atoms with Crippen molar-refractivity contribution in [2.75, 3.05) is 6.54 Å². The number of nitrogens with one attached hydrogen (secondary N) is 1. The Morgan fingerprint density at radius 1 is 1.04 bits per heavy atom. The number of halogens is 2. The third-order valence-electron chi connectivity index (χ3n) is 3.57. The Morgan fingerprint density at radius 3 is 2.33 bits per heavy atom. The van der Waals surface area contributed by atoms with E-state index >= 15 is 0 Å². The molecule has 2 N–H and O–H groups in total. The molecule has 1 aromatic carbocycles. The molecule has 2 aromatic rings. The normalized spacial score (nSPS) is 13.5. The van der Waals surface area contributed by atoms with Gasteiger partial charge >= 0.3 is 0 Å². The molecular formula is C16H11F2N3O3. The number of benzene rings is 1. The minimum Gasteiger partial charge on any atom is -0.503 e. The predicted molar refractivity (Wildman–Crippen MR) is 78.5 cm³/mol. The zero-order valence-corrected chi connectivity index (χ0v) is 12.2. The van der Waals surface area contributed by atoms with Crippen molar-refractivity contribution in [2.24, 2.45) is 0 Å². The molecule has 1 heterocycles. The van der Waals surface area contributed by atoms with Gasteiger partial charge in [0.25, 0.3) is 0 Å². The molecule has 6 nitrogen and oxygen atoms in total. The van der Waals surface area contributed by atoms with E-state index in [1.165, 1.54) is 12.4 Å². The number of carbonyl (C=O) groups is 2. The number of phenols is 1. The minimum absolute atomic E-state index is 0.0835. The molecular weight excluding hydrogens is 320 g/mol. The molecule has 122 valence electrons. The Balaban J connectivity index is 1.70. The summed E-state index contributed by atoms with van der Waals surface area (Å²) in [6.07, 6.45) is 3.79. The molecule has 24 heavy (non-hydrogen) atoms. The van der Waals surface area contributed by atoms with E-state index in [0.29, 0.717) is 5.56 Å². The van der Waals surface area contributed by atoms with Gasteiger partial charge in [-0.3, -0.25) is 9.59 Å². The average Bonchev–Trinajstić information content (AvgIpc) is 2.57. The van der Waals surface area contributed by atoms with Crippen LogP contribution in [0, 0.1) is 11.6 Å². The van der Waals surface area contributed by atoms with E-state index in [2.05, 4.69) is 15.5 Å². The van der Waals surface area contributed by atoms with Crippen LogP contribution in [0.15, 0.2) is 36.3 Å². The number of hydrogen-bond acceptors (Lipinski definition) is 6. The molecule has 0 spiro atoms. The second-order valence-corrected chi connectivity index (χ2v) is 5.15. The predicted octanol–water partition coefficient (Wildman–Crippen LogP) is 1.56. The molecule has 0 amide bonds. The maximum atomic E-state index is 13.3. The van der Waals surface area contributed by atoms with Crippen LogP contribution in [0.2, 0.25) is 0 Å². The van der Waals surface area contributed by atoms with E-state index in [4.69, 9.17) is 5.11 Å². The summed E-state index contributed by atoms with van der Waals surface area (Å²) in [6, 6.07) is 2.01. The van der Waals surface area contributed by atoms with Gasteiger partial charge in [-0.05, 0) is 24.1 Å². The van der Waals surface area contributed by atoms with Gasteiger partial charge in [0, 0.05) is 12.6 Å². The zero-order valence-electron chi connectivity index (χ0n) is 12.2. The number of nitrogens with zero attached hydrogens (tertiary/aromatic N) is 2. The lowest BCUT2D eigenvalue weighted by molar-refractivity contribution is 0.0977. The van der Waals surface area contributed by atoms with Crippen LogP contribution in [0.4, 0.5) is 8.78 Å². The molecule has 1 aromatic heterocycles. The number of aromatic hydroxyl groups is 1. The van der Waals surface area contributed by atoms with Gasteiger partial charge in [-0.2, -0.15) is 10.2 Å². The van der Waals surface area contributed by atoms with Crippen molar-refractivity contribution in [1.82, 2.24) is 15.5 Å². The molecule has 0 bridgehead atoms. The van der Waals surface area contributed by atoms with E-state index in [1.807, 2.05) is 0 Å². The number of ketones is 2. The molecule has 3 rings (SSSR count). The second-order valence-electron chi connectivity index (χ2n) is 5.15. The molecule has 0 aliphatic heterocycles. The summed E-state index contributed by atoms with van der Waals surface area (Å²) in [4.78, 5) is 24.2. The van der Waals surface area contributed by atoms with Crippen molar-refractivity contribution >= 4 is 11.6 Å². The highest BCUT2D eigenvalue weighted by atomic mass is 19.1. The van der Waals surface area contributed by atoms with Crippen LogP contribution in [0.1, 0.15) is 26.3 Å². The number of rotatable bonds is 4. The molecule has 0 saturated carbocycles. The van der Waals surface area contributed by atoms with E-state index in [-0.39, 0.29) is 35.6 Å². The molecule has 0 atom stereocenters. The van der Waals surface area contributed by atoms with E-state index < -0.39 is 23.2 Å². The smallest absolute Gasteiger partial charge is 0.211 e. The van der Waals surface area contributed by atoms with Gasteiger partial charge in [0.15, 0.2) is 23.2 Å². The van der Waals surface area contributed by atoms with Crippen LogP contribution < -0.4 is 5.32 Å². The van der Waals surface area contributed by atoms with Crippen LogP contribution in [0.5, 0.6) is 5.75 Å². The first-order chi connectivity index (χ1) is 11.5. The largest absolute Gasteiger partial charge is 0.503 e. The van der Waals surface area contributed by atoms with Gasteiger partial charge in [0.05, 0.1) is 29.2 Å². The van der Waals surface area contributed by atoms with Gasteiger partial charge in [-0.25, -0.2) is 8.78 Å². The summed E-state index contributed by atoms with van der Waals surface area (Å²) in [7, 11) is 0. The van der Waals surface area contributed by atoms with Gasteiger partial charge < -0.3 is 10.4 Å². The van der Waals surface area contributed by atoms with Crippen molar-refractivity contribution in [1.29, 1.82) is 0 Å². The maximum Gasteiger partial charge on any atom is 0.211 e. The first kappa shape index (κ1) is 15.7. The van der Waals surface area contributed by atoms with Crippen LogP contribution in [-0.2, 0) is 6.42 Å². The number of Topliss-reactive ketones (excluding diaryl/α,β-unsaturated/α-hetero) is 1. The third-order valence-corrected chi connectivity index (χ3v) is 3.57. The molecule has 1 aliphatic rings. The summed E-state index contributed by atoms with van der Waals surface area (Å²) in [5, 5.41) is 19.0. The first-order valence-electron chi connectivity index (χ1n) is 6.99. The van der Waals surface area contributed by atoms with Crippen molar-refractivity contribution in [3.63, 3.8) is 0 Å². The van der Waals surface area contributed by atoms with Crippen molar-refractivity contribution in [3.05, 3.63) is 64.6 Å². The lowest BCUT2D eigenvalue weighted by atomic mass is 9.95. The lowest BCUT2D eigenvalue weighted by Crippen LogP contribution is -2.28. The highest BCUT2D eigenvalue weighted by molar-refractivity contribution is 6.23. The number of hydrogen-bond donors (Lipinski definition) is 2. The molecule has 8 heteroatoms. The van der Waals surface area contributed by atoms with Crippen molar-refractivity contribution in [2.45, 2.75) is 6.42 Å². The van der Waals surface area contributed by atoms with Gasteiger partial charge in [0.2, 0.25) is 5.78 Å². The SMILES string of the molecule is O=C1C=C(NCCc2cc(F)c(O)c(F)c2)C(=O)c2cnncc21. The number of allylic oxidation sites excluding steroid dienone is 2. The molecule has 0 fully saturated rings. The quantitative estimate of drug-likeness (QED) is 0.883. The monoisotopic (exact) mass is 331 g/mol. The number of fused-ring (bicyclic) bond motifs is 1. The Hall–Kier alpha value is -3.16. The van der Waals surface area contributed by atoms with Gasteiger partial charge in [-0.1, -0.05) is 0 Å². The number of phenolic OH excluding ortho intramolecular Hbond substituents is 1. The minimum atomic E-state index is -1.05. The molecule has 1 aliphatic carbocycles. The van der Waals surface area contributed by atoms with Crippen molar-refractivity contribution < 1.29 is 23.5 Å².